The van der Waals surface area contributed by atoms with Crippen LogP contribution in [0.3, 0.4) is 0 Å². The van der Waals surface area contributed by atoms with Crippen molar-refractivity contribution in [2.75, 3.05) is 9.80 Å². The second-order valence-electron chi connectivity index (χ2n) is 7.66. The van der Waals surface area contributed by atoms with Crippen molar-refractivity contribution in [2.45, 2.75) is 19.4 Å². The topological polar surface area (TPSA) is 70.6 Å². The molecule has 0 atom stereocenters. The van der Waals surface area contributed by atoms with Crippen molar-refractivity contribution in [2.24, 2.45) is 0 Å². The van der Waals surface area contributed by atoms with Crippen LogP contribution in [-0.2, 0) is 16.1 Å². The van der Waals surface area contributed by atoms with E-state index >= 15 is 0 Å². The summed E-state index contributed by atoms with van der Waals surface area (Å²) in [6.45, 7) is 0.258. The van der Waals surface area contributed by atoms with Crippen molar-refractivity contribution >= 4 is 50.1 Å². The molecule has 0 saturated carbocycles. The summed E-state index contributed by atoms with van der Waals surface area (Å²) in [5, 5.41) is 0.434. The number of hydrogen-bond donors (Lipinski definition) is 0. The summed E-state index contributed by atoms with van der Waals surface area (Å²) >= 11 is 1.23. The number of benzene rings is 3. The highest BCUT2D eigenvalue weighted by Crippen LogP contribution is 2.32. The molecule has 0 spiro atoms. The van der Waals surface area contributed by atoms with Gasteiger partial charge >= 0.3 is 0 Å². The van der Waals surface area contributed by atoms with E-state index in [2.05, 4.69) is 4.98 Å². The van der Waals surface area contributed by atoms with Gasteiger partial charge in [0.2, 0.25) is 11.8 Å². The van der Waals surface area contributed by atoms with Crippen molar-refractivity contribution in [3.05, 3.63) is 89.7 Å². The van der Waals surface area contributed by atoms with Crippen LogP contribution in [0.5, 0.6) is 0 Å². The molecule has 0 unspecified atom stereocenters. The molecule has 0 radical (unpaired) electrons. The van der Waals surface area contributed by atoms with Crippen LogP contribution in [0, 0.1) is 5.82 Å². The third-order valence-electron chi connectivity index (χ3n) is 5.40. The maximum atomic E-state index is 13.7. The molecular formula is C25H18FN3O3S. The average Bonchev–Trinajstić information content (AvgIpc) is 3.39. The number of carbonyl (C=O) groups excluding carboxylic acids is 3. The number of amides is 3. The van der Waals surface area contributed by atoms with E-state index in [1.807, 2.05) is 30.3 Å². The summed E-state index contributed by atoms with van der Waals surface area (Å²) < 4.78 is 14.3. The fourth-order valence-electron chi connectivity index (χ4n) is 3.79. The zero-order valence-electron chi connectivity index (χ0n) is 17.4. The van der Waals surface area contributed by atoms with E-state index in [4.69, 9.17) is 0 Å². The number of carbonyl (C=O) groups is 3. The standard InChI is InChI=1S/C25H18FN3O3S/c26-18-9-10-20-21(14-18)33-25(27-20)28(15-16-5-2-1-3-6-16)24(32)17-7-4-8-19(13-17)29-22(30)11-12-23(29)31/h1-10,13-14H,11-12,15H2. The molecule has 33 heavy (non-hydrogen) atoms. The number of nitrogens with zero attached hydrogens (tertiary/aromatic N) is 3. The quantitative estimate of drug-likeness (QED) is 0.397. The summed E-state index contributed by atoms with van der Waals surface area (Å²) in [5.74, 6) is -1.26. The fourth-order valence-corrected chi connectivity index (χ4v) is 4.78. The maximum absolute atomic E-state index is 13.7. The minimum Gasteiger partial charge on any atom is -0.279 e. The number of thiazole rings is 1. The molecule has 2 heterocycles. The van der Waals surface area contributed by atoms with Gasteiger partial charge in [-0.1, -0.05) is 47.7 Å². The van der Waals surface area contributed by atoms with Gasteiger partial charge in [0.1, 0.15) is 5.82 Å². The lowest BCUT2D eigenvalue weighted by atomic mass is 10.1. The SMILES string of the molecule is O=C(c1cccc(N2C(=O)CCC2=O)c1)N(Cc1ccccc1)c1nc2ccc(F)cc2s1. The highest BCUT2D eigenvalue weighted by Gasteiger charge is 2.31. The molecule has 1 fully saturated rings. The van der Waals surface area contributed by atoms with Crippen molar-refractivity contribution in [3.8, 4) is 0 Å². The molecule has 1 aliphatic rings. The first-order valence-electron chi connectivity index (χ1n) is 10.4. The number of halogens is 1. The van der Waals surface area contributed by atoms with E-state index < -0.39 is 0 Å². The Morgan fingerprint density at radius 2 is 1.73 bits per heavy atom. The van der Waals surface area contributed by atoms with Crippen molar-refractivity contribution in [1.82, 2.24) is 4.98 Å². The Balaban J connectivity index is 1.54. The van der Waals surface area contributed by atoms with E-state index in [-0.39, 0.29) is 42.9 Å². The Hall–Kier alpha value is -3.91. The molecule has 1 aliphatic heterocycles. The van der Waals surface area contributed by atoms with Gasteiger partial charge in [-0.25, -0.2) is 9.37 Å². The average molecular weight is 460 g/mol. The molecule has 164 valence electrons. The molecule has 5 rings (SSSR count). The van der Waals surface area contributed by atoms with E-state index in [0.29, 0.717) is 26.6 Å². The number of fused-ring (bicyclic) bond motifs is 1. The number of hydrogen-bond acceptors (Lipinski definition) is 5. The van der Waals surface area contributed by atoms with Crippen molar-refractivity contribution in [3.63, 3.8) is 0 Å². The Kier molecular flexibility index (Phi) is 5.43. The van der Waals surface area contributed by atoms with Gasteiger partial charge in [0.15, 0.2) is 5.13 Å². The Labute approximate surface area is 192 Å². The monoisotopic (exact) mass is 459 g/mol. The minimum atomic E-state index is -0.369. The lowest BCUT2D eigenvalue weighted by Crippen LogP contribution is -2.31. The summed E-state index contributed by atoms with van der Waals surface area (Å²) in [4.78, 5) is 45.2. The van der Waals surface area contributed by atoms with Gasteiger partial charge in [0.05, 0.1) is 22.4 Å². The minimum absolute atomic E-state index is 0.166. The third-order valence-corrected chi connectivity index (χ3v) is 6.44. The van der Waals surface area contributed by atoms with Crippen molar-refractivity contribution < 1.29 is 18.8 Å². The van der Waals surface area contributed by atoms with Gasteiger partial charge in [-0.2, -0.15) is 0 Å². The zero-order chi connectivity index (χ0) is 22.9. The first-order chi connectivity index (χ1) is 16.0. The van der Waals surface area contributed by atoms with Crippen LogP contribution in [0.15, 0.2) is 72.8 Å². The number of aromatic nitrogens is 1. The highest BCUT2D eigenvalue weighted by atomic mass is 32.1. The summed E-state index contributed by atoms with van der Waals surface area (Å²) in [6, 6.07) is 20.3. The molecule has 0 bridgehead atoms. The third kappa shape index (κ3) is 4.12. The van der Waals surface area contributed by atoms with Crippen LogP contribution in [0.1, 0.15) is 28.8 Å². The lowest BCUT2D eigenvalue weighted by Gasteiger charge is -2.21. The second kappa shape index (κ2) is 8.55. The Morgan fingerprint density at radius 3 is 2.48 bits per heavy atom. The van der Waals surface area contributed by atoms with Gasteiger partial charge in [0.25, 0.3) is 5.91 Å². The summed E-state index contributed by atoms with van der Waals surface area (Å²) in [5.41, 5.74) is 2.20. The van der Waals surface area contributed by atoms with E-state index in [9.17, 15) is 18.8 Å². The van der Waals surface area contributed by atoms with E-state index in [1.54, 1.807) is 30.3 Å². The number of rotatable bonds is 5. The predicted octanol–water partition coefficient (Wildman–Crippen LogP) is 4.94. The van der Waals surface area contributed by atoms with Gasteiger partial charge in [-0.15, -0.1) is 0 Å². The van der Waals surface area contributed by atoms with Crippen LogP contribution < -0.4 is 9.80 Å². The van der Waals surface area contributed by atoms with Gasteiger partial charge < -0.3 is 0 Å². The van der Waals surface area contributed by atoms with Crippen LogP contribution in [0.25, 0.3) is 10.2 Å². The van der Waals surface area contributed by atoms with E-state index in [0.717, 1.165) is 10.5 Å². The van der Waals surface area contributed by atoms with Crippen LogP contribution in [0.4, 0.5) is 15.2 Å². The fraction of sp³-hybridized carbons (Fsp3) is 0.120. The maximum Gasteiger partial charge on any atom is 0.260 e. The van der Waals surface area contributed by atoms with Crippen LogP contribution in [0.2, 0.25) is 0 Å². The second-order valence-corrected chi connectivity index (χ2v) is 8.67. The van der Waals surface area contributed by atoms with Gasteiger partial charge in [-0.05, 0) is 42.0 Å². The molecule has 1 aromatic heterocycles. The summed E-state index contributed by atoms with van der Waals surface area (Å²) in [6.07, 6.45) is 0.332. The molecular weight excluding hydrogens is 441 g/mol. The van der Waals surface area contributed by atoms with Gasteiger partial charge in [-0.3, -0.25) is 24.2 Å². The first-order valence-corrected chi connectivity index (χ1v) is 11.2. The van der Waals surface area contributed by atoms with Gasteiger partial charge in [0, 0.05) is 18.4 Å². The lowest BCUT2D eigenvalue weighted by molar-refractivity contribution is -0.121. The Morgan fingerprint density at radius 1 is 0.970 bits per heavy atom. The Bertz CT molecular complexity index is 1370. The first kappa shape index (κ1) is 21.0. The smallest absolute Gasteiger partial charge is 0.260 e. The van der Waals surface area contributed by atoms with Crippen LogP contribution >= 0.6 is 11.3 Å². The highest BCUT2D eigenvalue weighted by molar-refractivity contribution is 7.22. The molecule has 3 amide bonds. The molecule has 0 N–H and O–H groups in total. The molecule has 3 aromatic carbocycles. The normalized spacial score (nSPS) is 13.7. The molecule has 6 nitrogen and oxygen atoms in total. The molecule has 0 aliphatic carbocycles. The number of imide groups is 1. The molecule has 1 saturated heterocycles. The van der Waals surface area contributed by atoms with Crippen molar-refractivity contribution in [1.29, 1.82) is 0 Å². The number of anilines is 2. The predicted molar refractivity (Wildman–Crippen MR) is 125 cm³/mol. The van der Waals surface area contributed by atoms with Crippen LogP contribution in [-0.4, -0.2) is 22.7 Å². The largest absolute Gasteiger partial charge is 0.279 e. The van der Waals surface area contributed by atoms with E-state index in [1.165, 1.54) is 28.4 Å². The molecule has 4 aromatic rings. The summed E-state index contributed by atoms with van der Waals surface area (Å²) in [7, 11) is 0. The zero-order valence-corrected chi connectivity index (χ0v) is 18.2. The molecule has 8 heteroatoms.